The fourth-order valence-corrected chi connectivity index (χ4v) is 5.80. The summed E-state index contributed by atoms with van der Waals surface area (Å²) in [6.45, 7) is 7.24. The lowest BCUT2D eigenvalue weighted by Gasteiger charge is -2.26. The van der Waals surface area contributed by atoms with Gasteiger partial charge in [0.1, 0.15) is 29.0 Å². The lowest BCUT2D eigenvalue weighted by Crippen LogP contribution is -2.37. The Kier molecular flexibility index (Phi) is 11.3. The standard InChI is InChI=1S/C38H42FN7O4/c1-26-42-35(21-36(43-26)46(24-27-5-9-31(47-2)10-6-27)25-28-7-11-32(48-3)12-8-28)33-19-29(13-14-45-15-17-50-18-16-45)22-40-37(33)44-30-20-34(39)38(49-4)41-23-30/h5-12,19-23H,13-18,24-25H2,1-4H3,(H,40,44). The summed E-state index contributed by atoms with van der Waals surface area (Å²) in [5.74, 6) is 2.82. The van der Waals surface area contributed by atoms with Gasteiger partial charge in [0, 0.05) is 56.6 Å². The lowest BCUT2D eigenvalue weighted by molar-refractivity contribution is 0.0384. The van der Waals surface area contributed by atoms with Crippen molar-refractivity contribution in [1.82, 2.24) is 24.8 Å². The number of aryl methyl sites for hydroxylation is 1. The van der Waals surface area contributed by atoms with Crippen LogP contribution in [0.3, 0.4) is 0 Å². The smallest absolute Gasteiger partial charge is 0.250 e. The number of hydrogen-bond donors (Lipinski definition) is 1. The van der Waals surface area contributed by atoms with Crippen LogP contribution in [0.1, 0.15) is 22.5 Å². The summed E-state index contributed by atoms with van der Waals surface area (Å²) >= 11 is 0. The van der Waals surface area contributed by atoms with Gasteiger partial charge in [0.05, 0.1) is 52.1 Å². The van der Waals surface area contributed by atoms with Gasteiger partial charge < -0.3 is 29.2 Å². The Labute approximate surface area is 292 Å². The Hall–Kier alpha value is -5.33. The predicted octanol–water partition coefficient (Wildman–Crippen LogP) is 6.23. The van der Waals surface area contributed by atoms with E-state index in [1.807, 2.05) is 43.5 Å². The molecule has 50 heavy (non-hydrogen) atoms. The number of halogens is 1. The van der Waals surface area contributed by atoms with E-state index < -0.39 is 5.82 Å². The molecule has 6 rings (SSSR count). The molecule has 11 nitrogen and oxygen atoms in total. The molecule has 1 fully saturated rings. The van der Waals surface area contributed by atoms with Gasteiger partial charge in [-0.3, -0.25) is 4.90 Å². The number of aromatic nitrogens is 4. The number of nitrogens with zero attached hydrogens (tertiary/aromatic N) is 6. The maximum atomic E-state index is 14.7. The number of morpholine rings is 1. The molecule has 1 saturated heterocycles. The summed E-state index contributed by atoms with van der Waals surface area (Å²) in [6, 6.07) is 21.5. The molecule has 0 bridgehead atoms. The fourth-order valence-electron chi connectivity index (χ4n) is 5.80. The minimum absolute atomic E-state index is 0.0768. The molecule has 5 aromatic rings. The van der Waals surface area contributed by atoms with E-state index in [2.05, 4.69) is 50.4 Å². The highest BCUT2D eigenvalue weighted by atomic mass is 19.1. The largest absolute Gasteiger partial charge is 0.497 e. The van der Waals surface area contributed by atoms with E-state index in [0.717, 1.165) is 78.8 Å². The maximum Gasteiger partial charge on any atom is 0.250 e. The Balaban J connectivity index is 1.38. The summed E-state index contributed by atoms with van der Waals surface area (Å²) in [5.41, 5.74) is 5.14. The third-order valence-electron chi connectivity index (χ3n) is 8.52. The van der Waals surface area contributed by atoms with Gasteiger partial charge in [-0.25, -0.2) is 24.3 Å². The number of nitrogens with one attached hydrogen (secondary N) is 1. The summed E-state index contributed by atoms with van der Waals surface area (Å²) < 4.78 is 36.0. The van der Waals surface area contributed by atoms with E-state index in [9.17, 15) is 4.39 Å². The zero-order valence-electron chi connectivity index (χ0n) is 28.9. The van der Waals surface area contributed by atoms with Gasteiger partial charge in [-0.15, -0.1) is 0 Å². The number of rotatable bonds is 14. The molecule has 1 N–H and O–H groups in total. The summed E-state index contributed by atoms with van der Waals surface area (Å²) in [6.07, 6.45) is 4.17. The summed E-state index contributed by atoms with van der Waals surface area (Å²) in [4.78, 5) is 23.3. The normalized spacial score (nSPS) is 13.1. The van der Waals surface area contributed by atoms with Crippen molar-refractivity contribution in [2.24, 2.45) is 0 Å². The molecule has 3 aromatic heterocycles. The number of methoxy groups -OCH3 is 3. The monoisotopic (exact) mass is 679 g/mol. The molecular formula is C38H42FN7O4. The maximum absolute atomic E-state index is 14.7. The molecule has 0 saturated carbocycles. The van der Waals surface area contributed by atoms with Crippen molar-refractivity contribution in [3.63, 3.8) is 0 Å². The third-order valence-corrected chi connectivity index (χ3v) is 8.52. The van der Waals surface area contributed by atoms with Gasteiger partial charge in [0.25, 0.3) is 0 Å². The Morgan fingerprint density at radius 2 is 1.46 bits per heavy atom. The highest BCUT2D eigenvalue weighted by molar-refractivity contribution is 5.78. The first kappa shape index (κ1) is 34.5. The Morgan fingerprint density at radius 1 is 0.800 bits per heavy atom. The van der Waals surface area contributed by atoms with Gasteiger partial charge in [-0.05, 0) is 60.4 Å². The first-order valence-electron chi connectivity index (χ1n) is 16.5. The molecule has 0 atom stereocenters. The van der Waals surface area contributed by atoms with Gasteiger partial charge in [-0.1, -0.05) is 24.3 Å². The van der Waals surface area contributed by atoms with Crippen molar-refractivity contribution < 1.29 is 23.3 Å². The topological polar surface area (TPSA) is 107 Å². The number of hydrogen-bond acceptors (Lipinski definition) is 11. The first-order valence-corrected chi connectivity index (χ1v) is 16.5. The average Bonchev–Trinajstić information content (AvgIpc) is 3.15. The summed E-state index contributed by atoms with van der Waals surface area (Å²) in [5, 5.41) is 3.27. The molecule has 4 heterocycles. The lowest BCUT2D eigenvalue weighted by atomic mass is 10.1. The van der Waals surface area contributed by atoms with Crippen LogP contribution in [0.15, 0.2) is 79.1 Å². The fraction of sp³-hybridized carbons (Fsp3) is 0.316. The zero-order valence-corrected chi connectivity index (χ0v) is 28.9. The second kappa shape index (κ2) is 16.4. The zero-order chi connectivity index (χ0) is 34.9. The Bertz CT molecular complexity index is 1820. The molecule has 0 radical (unpaired) electrons. The van der Waals surface area contributed by atoms with Crippen LogP contribution in [-0.4, -0.2) is 79.0 Å². The van der Waals surface area contributed by atoms with E-state index in [4.69, 9.17) is 33.9 Å². The average molecular weight is 680 g/mol. The second-order valence-electron chi connectivity index (χ2n) is 12.0. The van der Waals surface area contributed by atoms with Crippen LogP contribution in [0.25, 0.3) is 11.3 Å². The number of anilines is 3. The van der Waals surface area contributed by atoms with Gasteiger partial charge >= 0.3 is 0 Å². The van der Waals surface area contributed by atoms with Crippen LogP contribution < -0.4 is 24.4 Å². The van der Waals surface area contributed by atoms with Gasteiger partial charge in [-0.2, -0.15) is 0 Å². The number of pyridine rings is 2. The van der Waals surface area contributed by atoms with Gasteiger partial charge in [0.15, 0.2) is 5.82 Å². The molecule has 0 amide bonds. The molecule has 0 aliphatic carbocycles. The van der Waals surface area contributed by atoms with E-state index >= 15 is 0 Å². The highest BCUT2D eigenvalue weighted by Gasteiger charge is 2.18. The quantitative estimate of drug-likeness (QED) is 0.144. The van der Waals surface area contributed by atoms with E-state index in [0.29, 0.717) is 36.1 Å². The molecule has 0 spiro atoms. The van der Waals surface area contributed by atoms with Crippen molar-refractivity contribution in [3.8, 4) is 28.6 Å². The van der Waals surface area contributed by atoms with Crippen molar-refractivity contribution in [2.75, 3.05) is 64.4 Å². The van der Waals surface area contributed by atoms with Crippen LogP contribution in [0.5, 0.6) is 17.4 Å². The van der Waals surface area contributed by atoms with Crippen molar-refractivity contribution in [1.29, 1.82) is 0 Å². The molecule has 12 heteroatoms. The minimum Gasteiger partial charge on any atom is -0.497 e. The third kappa shape index (κ3) is 8.82. The van der Waals surface area contributed by atoms with E-state index in [1.54, 1.807) is 14.2 Å². The number of ether oxygens (including phenoxy) is 4. The van der Waals surface area contributed by atoms with E-state index in [1.165, 1.54) is 19.4 Å². The van der Waals surface area contributed by atoms with Crippen LogP contribution in [0.2, 0.25) is 0 Å². The molecule has 1 aliphatic heterocycles. The molecular weight excluding hydrogens is 637 g/mol. The van der Waals surface area contributed by atoms with Crippen LogP contribution in [-0.2, 0) is 24.2 Å². The van der Waals surface area contributed by atoms with Crippen molar-refractivity contribution in [3.05, 3.63) is 107 Å². The highest BCUT2D eigenvalue weighted by Crippen LogP contribution is 2.32. The van der Waals surface area contributed by atoms with E-state index in [-0.39, 0.29) is 5.88 Å². The summed E-state index contributed by atoms with van der Waals surface area (Å²) in [7, 11) is 4.70. The molecule has 2 aromatic carbocycles. The first-order chi connectivity index (χ1) is 24.4. The van der Waals surface area contributed by atoms with Crippen LogP contribution in [0, 0.1) is 12.7 Å². The van der Waals surface area contributed by atoms with Crippen LogP contribution in [0.4, 0.5) is 21.7 Å². The Morgan fingerprint density at radius 3 is 2.06 bits per heavy atom. The van der Waals surface area contributed by atoms with Crippen molar-refractivity contribution >= 4 is 17.3 Å². The predicted molar refractivity (Wildman–Crippen MR) is 191 cm³/mol. The van der Waals surface area contributed by atoms with Crippen LogP contribution >= 0.6 is 0 Å². The molecule has 260 valence electrons. The second-order valence-corrected chi connectivity index (χ2v) is 12.0. The number of benzene rings is 2. The van der Waals surface area contributed by atoms with Crippen molar-refractivity contribution in [2.45, 2.75) is 26.4 Å². The molecule has 0 unspecified atom stereocenters. The molecule has 1 aliphatic rings. The minimum atomic E-state index is -0.575. The SMILES string of the molecule is COc1ccc(CN(Cc2ccc(OC)cc2)c2cc(-c3cc(CCN4CCOCC4)cnc3Nc3cnc(OC)c(F)c3)nc(C)n2)cc1. The van der Waals surface area contributed by atoms with Gasteiger partial charge in [0.2, 0.25) is 5.88 Å².